The summed E-state index contributed by atoms with van der Waals surface area (Å²) in [4.78, 5) is 1.89. The van der Waals surface area contributed by atoms with Gasteiger partial charge in [-0.3, -0.25) is 0 Å². The number of terminal acetylenes is 2. The van der Waals surface area contributed by atoms with E-state index in [9.17, 15) is 0 Å². The second kappa shape index (κ2) is 7.95. The molecule has 0 heterocycles. The molecule has 114 valence electrons. The molecule has 24 heavy (non-hydrogen) atoms. The number of ether oxygens (including phenoxy) is 1. The average molecular weight is 311 g/mol. The van der Waals surface area contributed by atoms with Crippen molar-refractivity contribution in [2.24, 2.45) is 0 Å². The Bertz CT molecular complexity index is 871. The maximum atomic E-state index is 9.04. The van der Waals surface area contributed by atoms with Crippen LogP contribution < -0.4 is 9.64 Å². The van der Waals surface area contributed by atoms with Crippen molar-refractivity contribution in [2.45, 2.75) is 0 Å². The topological polar surface area (TPSA) is 60.0 Å². The minimum atomic E-state index is 0.279. The monoisotopic (exact) mass is 311 g/mol. The van der Waals surface area contributed by atoms with Gasteiger partial charge in [0.15, 0.2) is 0 Å². The van der Waals surface area contributed by atoms with Crippen LogP contribution in [0.4, 0.5) is 5.69 Å². The van der Waals surface area contributed by atoms with Crippen molar-refractivity contribution in [1.82, 2.24) is 0 Å². The number of hydrogen-bond donors (Lipinski definition) is 0. The van der Waals surface area contributed by atoms with Crippen LogP contribution in [0.15, 0.2) is 42.5 Å². The summed E-state index contributed by atoms with van der Waals surface area (Å²) < 4.78 is 5.72. The summed E-state index contributed by atoms with van der Waals surface area (Å²) in [6.07, 6.45) is 10.7. The van der Waals surface area contributed by atoms with E-state index in [1.807, 2.05) is 29.2 Å². The van der Waals surface area contributed by atoms with Crippen LogP contribution in [0.5, 0.6) is 11.5 Å². The largest absolute Gasteiger partial charge is 0.457 e. The second-order valence-electron chi connectivity index (χ2n) is 4.79. The zero-order chi connectivity index (χ0) is 17.4. The smallest absolute Gasteiger partial charge is 0.128 e. The molecule has 0 aliphatic rings. The lowest BCUT2D eigenvalue weighted by molar-refractivity contribution is 0.482. The number of nitrogens with zero attached hydrogens (tertiary/aromatic N) is 3. The molecule has 0 saturated carbocycles. The molecule has 0 spiro atoms. The van der Waals surface area contributed by atoms with Gasteiger partial charge in [-0.2, -0.15) is 10.5 Å². The van der Waals surface area contributed by atoms with E-state index in [1.165, 1.54) is 6.07 Å². The number of benzene rings is 2. The van der Waals surface area contributed by atoms with Crippen molar-refractivity contribution >= 4 is 5.69 Å². The summed E-state index contributed by atoms with van der Waals surface area (Å²) in [5.41, 5.74) is 1.50. The van der Waals surface area contributed by atoms with Gasteiger partial charge in [-0.1, -0.05) is 11.8 Å². The molecular formula is C20H13N3O. The molecule has 0 saturated heterocycles. The standard InChI is InChI=1S/C20H13N3O/c1-3-11-23(12-4-2)18-6-9-19(10-7-18)24-20-8-5-16(14-21)17(13-20)15-22/h1-2,5-10,13H,11-12H2. The molecule has 4 heteroatoms. The lowest BCUT2D eigenvalue weighted by atomic mass is 10.1. The minimum Gasteiger partial charge on any atom is -0.457 e. The van der Waals surface area contributed by atoms with E-state index in [4.69, 9.17) is 28.1 Å². The zero-order valence-electron chi connectivity index (χ0n) is 12.9. The molecule has 0 fully saturated rings. The predicted molar refractivity (Wildman–Crippen MR) is 92.3 cm³/mol. The Kier molecular flexibility index (Phi) is 5.47. The summed E-state index contributed by atoms with van der Waals surface area (Å²) in [7, 11) is 0. The Morgan fingerprint density at radius 3 is 1.96 bits per heavy atom. The first-order valence-electron chi connectivity index (χ1n) is 7.06. The highest BCUT2D eigenvalue weighted by Gasteiger charge is 2.06. The van der Waals surface area contributed by atoms with Gasteiger partial charge in [-0.05, 0) is 42.5 Å². The SMILES string of the molecule is C#CCN(CC#C)c1ccc(Oc2ccc(C#N)c(C#N)c2)cc1. The van der Waals surface area contributed by atoms with Gasteiger partial charge in [-0.25, -0.2) is 0 Å². The van der Waals surface area contributed by atoms with E-state index in [0.29, 0.717) is 30.2 Å². The van der Waals surface area contributed by atoms with Gasteiger partial charge < -0.3 is 9.64 Å². The Morgan fingerprint density at radius 2 is 1.42 bits per heavy atom. The van der Waals surface area contributed by atoms with Gasteiger partial charge in [-0.15, -0.1) is 12.8 Å². The third-order valence-electron chi connectivity index (χ3n) is 3.23. The Morgan fingerprint density at radius 1 is 0.833 bits per heavy atom. The summed E-state index contributed by atoms with van der Waals surface area (Å²) in [5, 5.41) is 18.0. The number of rotatable bonds is 5. The van der Waals surface area contributed by atoms with Crippen LogP contribution >= 0.6 is 0 Å². The zero-order valence-corrected chi connectivity index (χ0v) is 12.9. The van der Waals surface area contributed by atoms with Crippen LogP contribution in [-0.2, 0) is 0 Å². The van der Waals surface area contributed by atoms with E-state index >= 15 is 0 Å². The van der Waals surface area contributed by atoms with Gasteiger partial charge in [0.1, 0.15) is 23.6 Å². The summed E-state index contributed by atoms with van der Waals surface area (Å²) in [5.74, 6) is 6.24. The molecule has 0 unspecified atom stereocenters. The molecule has 0 aliphatic carbocycles. The fourth-order valence-corrected chi connectivity index (χ4v) is 2.10. The van der Waals surface area contributed by atoms with Crippen LogP contribution in [0.3, 0.4) is 0 Å². The molecular weight excluding hydrogens is 298 g/mol. The van der Waals surface area contributed by atoms with E-state index in [1.54, 1.807) is 24.3 Å². The van der Waals surface area contributed by atoms with Crippen LogP contribution in [0.1, 0.15) is 11.1 Å². The second-order valence-corrected chi connectivity index (χ2v) is 4.79. The predicted octanol–water partition coefficient (Wildman–Crippen LogP) is 3.30. The first kappa shape index (κ1) is 16.5. The number of anilines is 1. The van der Waals surface area contributed by atoms with Gasteiger partial charge in [0.25, 0.3) is 0 Å². The van der Waals surface area contributed by atoms with Gasteiger partial charge in [0.05, 0.1) is 24.2 Å². The highest BCUT2D eigenvalue weighted by atomic mass is 16.5. The molecule has 0 aliphatic heterocycles. The molecule has 2 rings (SSSR count). The average Bonchev–Trinajstić information content (AvgIpc) is 2.62. The van der Waals surface area contributed by atoms with E-state index in [0.717, 1.165) is 5.69 Å². The first-order chi connectivity index (χ1) is 11.7. The van der Waals surface area contributed by atoms with E-state index in [2.05, 4.69) is 11.8 Å². The van der Waals surface area contributed by atoms with Crippen molar-refractivity contribution < 1.29 is 4.74 Å². The molecule has 0 N–H and O–H groups in total. The van der Waals surface area contributed by atoms with E-state index in [-0.39, 0.29) is 5.56 Å². The molecule has 0 bridgehead atoms. The van der Waals surface area contributed by atoms with Gasteiger partial charge in [0, 0.05) is 5.69 Å². The van der Waals surface area contributed by atoms with Crippen molar-refractivity contribution in [3.05, 3.63) is 53.6 Å². The minimum absolute atomic E-state index is 0.279. The third kappa shape index (κ3) is 3.86. The van der Waals surface area contributed by atoms with Crippen LogP contribution in [0.25, 0.3) is 0 Å². The van der Waals surface area contributed by atoms with Crippen molar-refractivity contribution in [1.29, 1.82) is 10.5 Å². The van der Waals surface area contributed by atoms with Crippen molar-refractivity contribution in [2.75, 3.05) is 18.0 Å². The van der Waals surface area contributed by atoms with Crippen molar-refractivity contribution in [3.63, 3.8) is 0 Å². The molecule has 0 aromatic heterocycles. The molecule has 2 aromatic carbocycles. The molecule has 0 amide bonds. The highest BCUT2D eigenvalue weighted by Crippen LogP contribution is 2.26. The highest BCUT2D eigenvalue weighted by molar-refractivity contribution is 5.53. The molecule has 2 aromatic rings. The van der Waals surface area contributed by atoms with Crippen molar-refractivity contribution in [3.8, 4) is 48.3 Å². The van der Waals surface area contributed by atoms with Crippen LogP contribution in [-0.4, -0.2) is 13.1 Å². The maximum Gasteiger partial charge on any atom is 0.128 e. The number of hydrogen-bond acceptors (Lipinski definition) is 4. The fraction of sp³-hybridized carbons (Fsp3) is 0.100. The lowest BCUT2D eigenvalue weighted by Gasteiger charge is -2.19. The summed E-state index contributed by atoms with van der Waals surface area (Å²) in [6, 6.07) is 16.0. The lowest BCUT2D eigenvalue weighted by Crippen LogP contribution is -2.23. The first-order valence-corrected chi connectivity index (χ1v) is 7.06. The number of nitriles is 2. The van der Waals surface area contributed by atoms with Crippen LogP contribution in [0.2, 0.25) is 0 Å². The van der Waals surface area contributed by atoms with Gasteiger partial charge in [0.2, 0.25) is 0 Å². The maximum absolute atomic E-state index is 9.04. The molecule has 0 atom stereocenters. The summed E-state index contributed by atoms with van der Waals surface area (Å²) >= 11 is 0. The quantitative estimate of drug-likeness (QED) is 0.795. The fourth-order valence-electron chi connectivity index (χ4n) is 2.10. The van der Waals surface area contributed by atoms with Crippen LogP contribution in [0, 0.1) is 47.3 Å². The Balaban J connectivity index is 2.18. The summed E-state index contributed by atoms with van der Waals surface area (Å²) in [6.45, 7) is 0.844. The Labute approximate surface area is 141 Å². The Hall–Kier alpha value is -3.86. The van der Waals surface area contributed by atoms with Gasteiger partial charge >= 0.3 is 0 Å². The molecule has 4 nitrogen and oxygen atoms in total. The third-order valence-corrected chi connectivity index (χ3v) is 3.23. The molecule has 0 radical (unpaired) electrons. The van der Waals surface area contributed by atoms with E-state index < -0.39 is 0 Å². The normalized spacial score (nSPS) is 9.00.